The summed E-state index contributed by atoms with van der Waals surface area (Å²) in [5.74, 6) is -0.128. The molecule has 1 atom stereocenters. The number of likely N-dealkylation sites (tertiary alicyclic amines) is 1. The second-order valence-electron chi connectivity index (χ2n) is 8.70. The molecule has 1 aromatic carbocycles. The van der Waals surface area contributed by atoms with Crippen LogP contribution in [0, 0.1) is 5.92 Å². The molecule has 2 amide bonds. The van der Waals surface area contributed by atoms with Crippen molar-refractivity contribution in [1.82, 2.24) is 9.88 Å². The maximum absolute atomic E-state index is 13.0. The molecule has 1 aliphatic rings. The van der Waals surface area contributed by atoms with E-state index >= 15 is 0 Å². The van der Waals surface area contributed by atoms with E-state index in [0.717, 1.165) is 25.9 Å². The van der Waals surface area contributed by atoms with Crippen molar-refractivity contribution in [2.45, 2.75) is 45.3 Å². The number of carbonyl (C=O) groups is 3. The highest BCUT2D eigenvalue weighted by atomic mass is 35.5. The number of nitrogens with one attached hydrogen (secondary N) is 2. The van der Waals surface area contributed by atoms with Gasteiger partial charge in [-0.15, -0.1) is 0 Å². The molecular formula is C25H31ClN4O4. The average Bonchev–Trinajstić information content (AvgIpc) is 2.84. The molecule has 0 saturated carbocycles. The van der Waals surface area contributed by atoms with Gasteiger partial charge in [0, 0.05) is 42.9 Å². The fraction of sp³-hybridized carbons (Fsp3) is 0.440. The molecule has 2 aromatic rings. The van der Waals surface area contributed by atoms with Gasteiger partial charge in [0.1, 0.15) is 18.2 Å². The Hall–Kier alpha value is -2.81. The van der Waals surface area contributed by atoms with E-state index in [2.05, 4.69) is 34.4 Å². The minimum Gasteiger partial charge on any atom is -0.374 e. The molecule has 2 heterocycles. The number of carbonyl (C=O) groups excluding carboxylic acids is 3. The van der Waals surface area contributed by atoms with Gasteiger partial charge >= 0.3 is 0 Å². The summed E-state index contributed by atoms with van der Waals surface area (Å²) in [5.41, 5.74) is 1.58. The van der Waals surface area contributed by atoms with Crippen LogP contribution in [0.15, 0.2) is 36.5 Å². The highest BCUT2D eigenvalue weighted by Gasteiger charge is 2.27. The second kappa shape index (κ2) is 12.1. The number of nitrogens with zero attached hydrogens (tertiary/aromatic N) is 2. The number of amides is 2. The molecule has 9 heteroatoms. The fourth-order valence-electron chi connectivity index (χ4n) is 3.98. The van der Waals surface area contributed by atoms with Crippen LogP contribution in [0.2, 0.25) is 5.02 Å². The van der Waals surface area contributed by atoms with Gasteiger partial charge in [0.15, 0.2) is 0 Å². The predicted molar refractivity (Wildman–Crippen MR) is 132 cm³/mol. The van der Waals surface area contributed by atoms with E-state index in [9.17, 15) is 14.4 Å². The van der Waals surface area contributed by atoms with Crippen molar-refractivity contribution in [1.29, 1.82) is 0 Å². The molecule has 1 aromatic heterocycles. The molecule has 34 heavy (non-hydrogen) atoms. The Kier molecular flexibility index (Phi) is 9.15. The highest BCUT2D eigenvalue weighted by molar-refractivity contribution is 6.30. The predicted octanol–water partition coefficient (Wildman–Crippen LogP) is 3.80. The highest BCUT2D eigenvalue weighted by Crippen LogP contribution is 2.25. The molecule has 1 saturated heterocycles. The summed E-state index contributed by atoms with van der Waals surface area (Å²) in [5, 5.41) is 6.20. The Balaban J connectivity index is 1.76. The number of rotatable bonds is 9. The fourth-order valence-corrected chi connectivity index (χ4v) is 4.09. The molecule has 1 unspecified atom stereocenters. The zero-order valence-corrected chi connectivity index (χ0v) is 20.5. The average molecular weight is 487 g/mol. The topological polar surface area (TPSA) is 101 Å². The van der Waals surface area contributed by atoms with Gasteiger partial charge in [-0.05, 0) is 75.7 Å². The summed E-state index contributed by atoms with van der Waals surface area (Å²) < 4.78 is 5.21. The molecular weight excluding hydrogens is 456 g/mol. The molecule has 1 aliphatic heterocycles. The lowest BCUT2D eigenvalue weighted by atomic mass is 9.94. The normalized spacial score (nSPS) is 15.7. The first-order valence-corrected chi connectivity index (χ1v) is 11.8. The second-order valence-corrected chi connectivity index (χ2v) is 9.13. The van der Waals surface area contributed by atoms with Crippen LogP contribution in [0.5, 0.6) is 0 Å². The van der Waals surface area contributed by atoms with Gasteiger partial charge < -0.3 is 25.1 Å². The Morgan fingerprint density at radius 2 is 1.94 bits per heavy atom. The van der Waals surface area contributed by atoms with Gasteiger partial charge in [-0.3, -0.25) is 9.59 Å². The van der Waals surface area contributed by atoms with Gasteiger partial charge in [-0.25, -0.2) is 4.98 Å². The number of pyridine rings is 1. The summed E-state index contributed by atoms with van der Waals surface area (Å²) in [6, 6.07) is 8.69. The van der Waals surface area contributed by atoms with Crippen molar-refractivity contribution in [3.8, 4) is 0 Å². The van der Waals surface area contributed by atoms with E-state index < -0.39 is 6.10 Å². The molecule has 0 spiro atoms. The number of methoxy groups -OCH3 is 1. The summed E-state index contributed by atoms with van der Waals surface area (Å²) in [7, 11) is 1.45. The number of anilines is 2. The van der Waals surface area contributed by atoms with Crippen LogP contribution in [0.1, 0.15) is 42.6 Å². The third kappa shape index (κ3) is 6.85. The lowest BCUT2D eigenvalue weighted by Gasteiger charge is -2.34. The zero-order chi connectivity index (χ0) is 24.7. The van der Waals surface area contributed by atoms with E-state index in [-0.39, 0.29) is 24.2 Å². The van der Waals surface area contributed by atoms with Crippen LogP contribution in [0.3, 0.4) is 0 Å². The molecule has 182 valence electrons. The number of aromatic nitrogens is 1. The van der Waals surface area contributed by atoms with E-state index in [1.165, 1.54) is 13.3 Å². The lowest BCUT2D eigenvalue weighted by Crippen LogP contribution is -2.41. The number of halogens is 1. The van der Waals surface area contributed by atoms with E-state index in [1.54, 1.807) is 30.3 Å². The first kappa shape index (κ1) is 25.8. The quantitative estimate of drug-likeness (QED) is 0.523. The zero-order valence-electron chi connectivity index (χ0n) is 19.7. The maximum Gasteiger partial charge on any atom is 0.256 e. The van der Waals surface area contributed by atoms with Crippen LogP contribution in [0.4, 0.5) is 11.5 Å². The Morgan fingerprint density at radius 1 is 1.21 bits per heavy atom. The maximum atomic E-state index is 13.0. The van der Waals surface area contributed by atoms with E-state index in [1.807, 2.05) is 0 Å². The first-order valence-electron chi connectivity index (χ1n) is 11.4. The third-order valence-electron chi connectivity index (χ3n) is 6.10. The largest absolute Gasteiger partial charge is 0.374 e. The smallest absolute Gasteiger partial charge is 0.256 e. The number of hydrogen-bond donors (Lipinski definition) is 2. The first-order chi connectivity index (χ1) is 16.3. The Morgan fingerprint density at radius 3 is 2.53 bits per heavy atom. The number of aldehydes is 1. The Labute approximate surface area is 205 Å². The third-order valence-corrected chi connectivity index (χ3v) is 6.32. The number of hydrogen-bond acceptors (Lipinski definition) is 6. The van der Waals surface area contributed by atoms with Gasteiger partial charge in [-0.1, -0.05) is 11.6 Å². The molecule has 8 nitrogen and oxygen atoms in total. The van der Waals surface area contributed by atoms with Gasteiger partial charge in [-0.2, -0.15) is 0 Å². The van der Waals surface area contributed by atoms with Crippen molar-refractivity contribution < 1.29 is 19.1 Å². The SMILES string of the molecule is COC(C=O)Cc1cc(C(=O)Nc2ccc(Cl)cn2)ccc1NC(=O)C1CCN(C(C)C)CC1. The summed E-state index contributed by atoms with van der Waals surface area (Å²) >= 11 is 5.85. The summed E-state index contributed by atoms with van der Waals surface area (Å²) in [6.07, 6.45) is 3.27. The number of piperidine rings is 1. The van der Waals surface area contributed by atoms with E-state index in [4.69, 9.17) is 16.3 Å². The van der Waals surface area contributed by atoms with Gasteiger partial charge in [0.2, 0.25) is 5.91 Å². The van der Waals surface area contributed by atoms with Gasteiger partial charge in [0.05, 0.1) is 5.02 Å². The Bertz CT molecular complexity index is 1000. The van der Waals surface area contributed by atoms with E-state index in [0.29, 0.717) is 40.0 Å². The minimum absolute atomic E-state index is 0.0488. The molecule has 0 bridgehead atoms. The molecule has 2 N–H and O–H groups in total. The molecule has 3 rings (SSSR count). The van der Waals surface area contributed by atoms with Crippen molar-refractivity contribution in [3.63, 3.8) is 0 Å². The van der Waals surface area contributed by atoms with Crippen molar-refractivity contribution >= 4 is 41.2 Å². The monoisotopic (exact) mass is 486 g/mol. The summed E-state index contributed by atoms with van der Waals surface area (Å²) in [6.45, 7) is 6.09. The standard InChI is InChI=1S/C25H31ClN4O4/c1-16(2)30-10-8-17(9-11-30)24(32)28-22-6-4-18(12-19(22)13-21(15-31)34-3)25(33)29-23-7-5-20(26)14-27-23/h4-7,12,14-17,21H,8-11,13H2,1-3H3,(H,28,32)(H,27,29,33). The molecule has 1 fully saturated rings. The number of ether oxygens (including phenoxy) is 1. The lowest BCUT2D eigenvalue weighted by molar-refractivity contribution is -0.121. The minimum atomic E-state index is -0.693. The summed E-state index contributed by atoms with van der Waals surface area (Å²) in [4.78, 5) is 43.6. The van der Waals surface area contributed by atoms with Crippen molar-refractivity contribution in [3.05, 3.63) is 52.7 Å². The van der Waals surface area contributed by atoms with Crippen LogP contribution < -0.4 is 10.6 Å². The van der Waals surface area contributed by atoms with Crippen molar-refractivity contribution in [2.75, 3.05) is 30.8 Å². The number of benzene rings is 1. The molecule has 0 aliphatic carbocycles. The molecule has 0 radical (unpaired) electrons. The van der Waals surface area contributed by atoms with Crippen LogP contribution in [-0.2, 0) is 20.7 Å². The van der Waals surface area contributed by atoms with Crippen molar-refractivity contribution in [2.24, 2.45) is 5.92 Å². The van der Waals surface area contributed by atoms with Crippen LogP contribution >= 0.6 is 11.6 Å². The van der Waals surface area contributed by atoms with Crippen LogP contribution in [0.25, 0.3) is 0 Å². The van der Waals surface area contributed by atoms with Crippen LogP contribution in [-0.4, -0.2) is 60.3 Å². The van der Waals surface area contributed by atoms with Gasteiger partial charge in [0.25, 0.3) is 5.91 Å².